The minimum atomic E-state index is 0.0100. The van der Waals surface area contributed by atoms with Gasteiger partial charge in [-0.1, -0.05) is 6.92 Å². The van der Waals surface area contributed by atoms with Crippen molar-refractivity contribution in [1.82, 2.24) is 10.2 Å². The van der Waals surface area contributed by atoms with Crippen LogP contribution in [0.25, 0.3) is 0 Å². The summed E-state index contributed by atoms with van der Waals surface area (Å²) in [6.07, 6.45) is 3.06. The summed E-state index contributed by atoms with van der Waals surface area (Å²) in [4.78, 5) is 26.3. The first-order chi connectivity index (χ1) is 9.61. The number of hydrogen-bond donors (Lipinski definition) is 2. The SMILES string of the molecule is CCCC(=O)NC1CCN(C(=O)c2sccc2N)CC1. The number of nitrogens with zero attached hydrogens (tertiary/aromatic N) is 1. The lowest BCUT2D eigenvalue weighted by molar-refractivity contribution is -0.122. The first-order valence-electron chi connectivity index (χ1n) is 7.03. The van der Waals surface area contributed by atoms with Crippen molar-refractivity contribution in [3.8, 4) is 0 Å². The molecule has 1 aromatic rings. The smallest absolute Gasteiger partial charge is 0.266 e. The molecule has 20 heavy (non-hydrogen) atoms. The first-order valence-corrected chi connectivity index (χ1v) is 7.91. The highest BCUT2D eigenvalue weighted by atomic mass is 32.1. The van der Waals surface area contributed by atoms with Crippen molar-refractivity contribution in [2.24, 2.45) is 0 Å². The molecule has 3 N–H and O–H groups in total. The third-order valence-corrected chi connectivity index (χ3v) is 4.43. The zero-order valence-electron chi connectivity index (χ0n) is 11.7. The van der Waals surface area contributed by atoms with Crippen LogP contribution >= 0.6 is 11.3 Å². The van der Waals surface area contributed by atoms with Gasteiger partial charge in [0, 0.05) is 25.6 Å². The summed E-state index contributed by atoms with van der Waals surface area (Å²) in [7, 11) is 0. The highest BCUT2D eigenvalue weighted by Crippen LogP contribution is 2.22. The predicted octanol–water partition coefficient (Wildman–Crippen LogP) is 1.85. The molecule has 5 nitrogen and oxygen atoms in total. The summed E-state index contributed by atoms with van der Waals surface area (Å²) >= 11 is 1.38. The number of piperidine rings is 1. The third kappa shape index (κ3) is 3.50. The average Bonchev–Trinajstić information content (AvgIpc) is 2.85. The van der Waals surface area contributed by atoms with Crippen LogP contribution < -0.4 is 11.1 Å². The van der Waals surface area contributed by atoms with Crippen LogP contribution in [0.2, 0.25) is 0 Å². The van der Waals surface area contributed by atoms with Gasteiger partial charge in [-0.15, -0.1) is 11.3 Å². The third-order valence-electron chi connectivity index (χ3n) is 3.51. The molecular formula is C14H21N3O2S. The number of nitrogens with one attached hydrogen (secondary N) is 1. The lowest BCUT2D eigenvalue weighted by Crippen LogP contribution is -2.46. The number of nitrogen functional groups attached to an aromatic ring is 1. The summed E-state index contributed by atoms with van der Waals surface area (Å²) in [6, 6.07) is 1.95. The summed E-state index contributed by atoms with van der Waals surface area (Å²) in [5, 5.41) is 4.86. The maximum atomic E-state index is 12.3. The van der Waals surface area contributed by atoms with Crippen molar-refractivity contribution in [2.75, 3.05) is 18.8 Å². The Bertz CT molecular complexity index is 479. The van der Waals surface area contributed by atoms with Crippen LogP contribution in [0.5, 0.6) is 0 Å². The van der Waals surface area contributed by atoms with Crippen LogP contribution in [0, 0.1) is 0 Å². The number of likely N-dealkylation sites (tertiary alicyclic amines) is 1. The van der Waals surface area contributed by atoms with Crippen LogP contribution in [0.3, 0.4) is 0 Å². The molecule has 0 unspecified atom stereocenters. The number of nitrogens with two attached hydrogens (primary N) is 1. The number of anilines is 1. The molecule has 2 heterocycles. The van der Waals surface area contributed by atoms with E-state index in [4.69, 9.17) is 5.73 Å². The van der Waals surface area contributed by atoms with Crippen LogP contribution in [0.15, 0.2) is 11.4 Å². The van der Waals surface area contributed by atoms with E-state index >= 15 is 0 Å². The highest BCUT2D eigenvalue weighted by molar-refractivity contribution is 7.12. The molecule has 0 atom stereocenters. The molecular weight excluding hydrogens is 274 g/mol. The fourth-order valence-electron chi connectivity index (χ4n) is 2.39. The number of amides is 2. The molecule has 1 aliphatic rings. The lowest BCUT2D eigenvalue weighted by atomic mass is 10.0. The molecule has 0 bridgehead atoms. The van der Waals surface area contributed by atoms with Gasteiger partial charge >= 0.3 is 0 Å². The van der Waals surface area contributed by atoms with Crippen LogP contribution in [0.4, 0.5) is 5.69 Å². The van der Waals surface area contributed by atoms with Crippen LogP contribution in [-0.2, 0) is 4.79 Å². The quantitative estimate of drug-likeness (QED) is 0.890. The summed E-state index contributed by atoms with van der Waals surface area (Å²) in [5.74, 6) is 0.121. The fourth-order valence-corrected chi connectivity index (χ4v) is 3.18. The summed E-state index contributed by atoms with van der Waals surface area (Å²) in [5.41, 5.74) is 6.33. The Morgan fingerprint density at radius 1 is 1.45 bits per heavy atom. The highest BCUT2D eigenvalue weighted by Gasteiger charge is 2.25. The van der Waals surface area contributed by atoms with Crippen molar-refractivity contribution in [3.05, 3.63) is 16.3 Å². The first kappa shape index (κ1) is 14.8. The molecule has 6 heteroatoms. The number of carbonyl (C=O) groups is 2. The van der Waals surface area contributed by atoms with Gasteiger partial charge in [0.15, 0.2) is 0 Å². The van der Waals surface area contributed by atoms with Crippen molar-refractivity contribution in [1.29, 1.82) is 0 Å². The normalized spacial score (nSPS) is 16.1. The summed E-state index contributed by atoms with van der Waals surface area (Å²) in [6.45, 7) is 3.34. The number of thiophene rings is 1. The van der Waals surface area contributed by atoms with Crippen molar-refractivity contribution < 1.29 is 9.59 Å². The van der Waals surface area contributed by atoms with Crippen molar-refractivity contribution in [2.45, 2.75) is 38.6 Å². The molecule has 0 aromatic carbocycles. The predicted molar refractivity (Wildman–Crippen MR) is 80.7 cm³/mol. The van der Waals surface area contributed by atoms with Crippen molar-refractivity contribution in [3.63, 3.8) is 0 Å². The second-order valence-corrected chi connectivity index (χ2v) is 6.01. The van der Waals surface area contributed by atoms with Gasteiger partial charge in [0.2, 0.25) is 5.91 Å². The molecule has 1 fully saturated rings. The zero-order valence-corrected chi connectivity index (χ0v) is 12.5. The molecule has 110 valence electrons. The van der Waals surface area contributed by atoms with Gasteiger partial charge in [0.25, 0.3) is 5.91 Å². The maximum Gasteiger partial charge on any atom is 0.266 e. The molecule has 0 aliphatic carbocycles. The van der Waals surface area contributed by atoms with Crippen LogP contribution in [-0.4, -0.2) is 35.8 Å². The minimum Gasteiger partial charge on any atom is -0.397 e. The average molecular weight is 295 g/mol. The second-order valence-electron chi connectivity index (χ2n) is 5.09. The monoisotopic (exact) mass is 295 g/mol. The molecule has 0 spiro atoms. The fraction of sp³-hybridized carbons (Fsp3) is 0.571. The molecule has 1 saturated heterocycles. The molecule has 0 radical (unpaired) electrons. The van der Waals surface area contributed by atoms with E-state index in [1.54, 1.807) is 6.07 Å². The van der Waals surface area contributed by atoms with Gasteiger partial charge in [-0.25, -0.2) is 0 Å². The standard InChI is InChI=1S/C14H21N3O2S/c1-2-3-12(18)16-10-4-7-17(8-5-10)14(19)13-11(15)6-9-20-13/h6,9-10H,2-5,7-8,15H2,1H3,(H,16,18). The Morgan fingerprint density at radius 2 is 2.15 bits per heavy atom. The molecule has 0 saturated carbocycles. The van der Waals surface area contributed by atoms with E-state index < -0.39 is 0 Å². The number of carbonyl (C=O) groups excluding carboxylic acids is 2. The number of hydrogen-bond acceptors (Lipinski definition) is 4. The van der Waals surface area contributed by atoms with E-state index in [1.165, 1.54) is 11.3 Å². The maximum absolute atomic E-state index is 12.3. The molecule has 2 amide bonds. The van der Waals surface area contributed by atoms with E-state index in [0.717, 1.165) is 19.3 Å². The Morgan fingerprint density at radius 3 is 2.70 bits per heavy atom. The van der Waals surface area contributed by atoms with Gasteiger partial charge < -0.3 is 16.0 Å². The molecule has 1 aliphatic heterocycles. The Labute approximate surface area is 123 Å². The largest absolute Gasteiger partial charge is 0.397 e. The number of rotatable bonds is 4. The molecule has 2 rings (SSSR count). The van der Waals surface area contributed by atoms with Gasteiger partial charge in [-0.2, -0.15) is 0 Å². The molecule has 1 aromatic heterocycles. The Hall–Kier alpha value is -1.56. The van der Waals surface area contributed by atoms with E-state index in [2.05, 4.69) is 5.32 Å². The van der Waals surface area contributed by atoms with Crippen LogP contribution in [0.1, 0.15) is 42.3 Å². The summed E-state index contributed by atoms with van der Waals surface area (Å²) < 4.78 is 0. The van der Waals surface area contributed by atoms with E-state index in [-0.39, 0.29) is 17.9 Å². The van der Waals surface area contributed by atoms with Gasteiger partial charge in [-0.05, 0) is 30.7 Å². The van der Waals surface area contributed by atoms with E-state index in [0.29, 0.717) is 30.1 Å². The van der Waals surface area contributed by atoms with Gasteiger partial charge in [-0.3, -0.25) is 9.59 Å². The lowest BCUT2D eigenvalue weighted by Gasteiger charge is -2.32. The minimum absolute atomic E-state index is 0.0100. The Balaban J connectivity index is 1.84. The van der Waals surface area contributed by atoms with Gasteiger partial charge in [0.05, 0.1) is 5.69 Å². The topological polar surface area (TPSA) is 75.4 Å². The zero-order chi connectivity index (χ0) is 14.5. The van der Waals surface area contributed by atoms with E-state index in [1.807, 2.05) is 17.2 Å². The Kier molecular flexibility index (Phi) is 5.00. The van der Waals surface area contributed by atoms with Crippen molar-refractivity contribution >= 4 is 28.8 Å². The van der Waals surface area contributed by atoms with Gasteiger partial charge in [0.1, 0.15) is 4.88 Å². The second kappa shape index (κ2) is 6.74. The van der Waals surface area contributed by atoms with E-state index in [9.17, 15) is 9.59 Å².